The molecule has 0 fully saturated rings. The maximum Gasteiger partial charge on any atom is 0.406 e. The predicted molar refractivity (Wildman–Crippen MR) is 71.7 cm³/mol. The maximum absolute atomic E-state index is 10.8. The van der Waals surface area contributed by atoms with Gasteiger partial charge in [0.05, 0.1) is 0 Å². The van der Waals surface area contributed by atoms with Crippen LogP contribution in [0.25, 0.3) is 0 Å². The lowest BCUT2D eigenvalue weighted by Gasteiger charge is -2.09. The van der Waals surface area contributed by atoms with Gasteiger partial charge in [-0.3, -0.25) is 0 Å². The molecular weight excluding hydrogens is 291 g/mol. The number of nitro groups is 1. The summed E-state index contributed by atoms with van der Waals surface area (Å²) in [5.41, 5.74) is 0.573. The molecule has 0 aliphatic carbocycles. The van der Waals surface area contributed by atoms with Gasteiger partial charge in [-0.1, -0.05) is 29.3 Å². The molecule has 0 unspecified atom stereocenters. The van der Waals surface area contributed by atoms with Crippen molar-refractivity contribution in [2.24, 2.45) is 0 Å². The summed E-state index contributed by atoms with van der Waals surface area (Å²) in [6.45, 7) is 0.0328. The number of halogens is 2. The summed E-state index contributed by atoms with van der Waals surface area (Å²) in [7, 11) is 0. The molecule has 5 nitrogen and oxygen atoms in total. The largest absolute Gasteiger partial charge is 0.481 e. The second kappa shape index (κ2) is 5.86. The summed E-state index contributed by atoms with van der Waals surface area (Å²) in [5.74, 6) is -0.269. The van der Waals surface area contributed by atoms with Crippen molar-refractivity contribution in [2.45, 2.75) is 6.61 Å². The third-order valence-corrected chi connectivity index (χ3v) is 3.07. The number of pyridine rings is 1. The lowest BCUT2D eigenvalue weighted by atomic mass is 10.2. The summed E-state index contributed by atoms with van der Waals surface area (Å²) >= 11 is 12.0. The van der Waals surface area contributed by atoms with Crippen molar-refractivity contribution in [1.82, 2.24) is 4.98 Å². The first-order valence-electron chi connectivity index (χ1n) is 5.24. The predicted octanol–water partition coefficient (Wildman–Crippen LogP) is 3.88. The van der Waals surface area contributed by atoms with Gasteiger partial charge in [0.25, 0.3) is 0 Å². The molecule has 0 radical (unpaired) electrons. The minimum Gasteiger partial charge on any atom is -0.481 e. The monoisotopic (exact) mass is 298 g/mol. The second-order valence-electron chi connectivity index (χ2n) is 3.57. The molecule has 98 valence electrons. The van der Waals surface area contributed by atoms with Crippen LogP contribution in [-0.2, 0) is 6.61 Å². The fourth-order valence-electron chi connectivity index (χ4n) is 1.45. The van der Waals surface area contributed by atoms with Gasteiger partial charge >= 0.3 is 5.82 Å². The molecule has 1 heterocycles. The zero-order valence-corrected chi connectivity index (χ0v) is 11.1. The highest BCUT2D eigenvalue weighted by molar-refractivity contribution is 6.35. The van der Waals surface area contributed by atoms with Gasteiger partial charge in [-0.15, -0.1) is 0 Å². The first-order valence-corrected chi connectivity index (χ1v) is 6.00. The van der Waals surface area contributed by atoms with Crippen LogP contribution < -0.4 is 4.74 Å². The van der Waals surface area contributed by atoms with E-state index in [1.54, 1.807) is 24.3 Å². The van der Waals surface area contributed by atoms with Crippen molar-refractivity contribution < 1.29 is 9.66 Å². The number of ether oxygens (including phenoxy) is 1. The topological polar surface area (TPSA) is 65.3 Å². The molecule has 19 heavy (non-hydrogen) atoms. The lowest BCUT2D eigenvalue weighted by Crippen LogP contribution is -2.01. The Morgan fingerprint density at radius 3 is 2.53 bits per heavy atom. The Morgan fingerprint density at radius 2 is 1.89 bits per heavy atom. The van der Waals surface area contributed by atoms with E-state index in [4.69, 9.17) is 27.9 Å². The van der Waals surface area contributed by atoms with Crippen molar-refractivity contribution in [3.63, 3.8) is 0 Å². The molecule has 0 saturated heterocycles. The molecule has 0 spiro atoms. The quantitative estimate of drug-likeness (QED) is 0.635. The standard InChI is InChI=1S/C12H8Cl2N2O3/c13-9-3-1-4-10(14)8(9)7-19-11-5-2-6-15-12(11)16(17)18/h1-6H,7H2. The molecule has 2 rings (SSSR count). The zero-order valence-electron chi connectivity index (χ0n) is 9.55. The number of aromatic nitrogens is 1. The normalized spacial score (nSPS) is 10.2. The molecule has 0 atom stereocenters. The molecule has 0 aliphatic rings. The zero-order chi connectivity index (χ0) is 13.8. The van der Waals surface area contributed by atoms with Crippen LogP contribution in [0.2, 0.25) is 10.0 Å². The van der Waals surface area contributed by atoms with Crippen LogP contribution in [0, 0.1) is 10.1 Å². The molecule has 0 aliphatic heterocycles. The van der Waals surface area contributed by atoms with E-state index in [2.05, 4.69) is 4.98 Å². The first-order chi connectivity index (χ1) is 9.09. The van der Waals surface area contributed by atoms with Gasteiger partial charge in [0.15, 0.2) is 0 Å². The van der Waals surface area contributed by atoms with Crippen LogP contribution >= 0.6 is 23.2 Å². The number of hydrogen-bond acceptors (Lipinski definition) is 4. The van der Waals surface area contributed by atoms with Gasteiger partial charge in [0.1, 0.15) is 12.8 Å². The second-order valence-corrected chi connectivity index (χ2v) is 4.39. The Kier molecular flexibility index (Phi) is 4.19. The van der Waals surface area contributed by atoms with Gasteiger partial charge in [0, 0.05) is 15.6 Å². The van der Waals surface area contributed by atoms with E-state index in [1.165, 1.54) is 12.3 Å². The van der Waals surface area contributed by atoms with Gasteiger partial charge in [-0.2, -0.15) is 0 Å². The summed E-state index contributed by atoms with van der Waals surface area (Å²) in [4.78, 5) is 13.8. The van der Waals surface area contributed by atoms with Crippen LogP contribution in [0.3, 0.4) is 0 Å². The highest BCUT2D eigenvalue weighted by Crippen LogP contribution is 2.28. The van der Waals surface area contributed by atoms with E-state index in [9.17, 15) is 10.1 Å². The average Bonchev–Trinajstić information content (AvgIpc) is 2.38. The van der Waals surface area contributed by atoms with Gasteiger partial charge in [-0.05, 0) is 34.2 Å². The highest BCUT2D eigenvalue weighted by atomic mass is 35.5. The van der Waals surface area contributed by atoms with E-state index in [0.717, 1.165) is 0 Å². The molecule has 0 bridgehead atoms. The van der Waals surface area contributed by atoms with Crippen molar-refractivity contribution in [3.8, 4) is 5.75 Å². The van der Waals surface area contributed by atoms with E-state index in [-0.39, 0.29) is 18.2 Å². The highest BCUT2D eigenvalue weighted by Gasteiger charge is 2.16. The summed E-state index contributed by atoms with van der Waals surface area (Å²) in [5, 5.41) is 11.7. The van der Waals surface area contributed by atoms with Crippen molar-refractivity contribution in [2.75, 3.05) is 0 Å². The third-order valence-electron chi connectivity index (χ3n) is 2.36. The smallest absolute Gasteiger partial charge is 0.406 e. The van der Waals surface area contributed by atoms with Crippen molar-refractivity contribution in [1.29, 1.82) is 0 Å². The molecule has 7 heteroatoms. The Bertz CT molecular complexity index is 599. The Balaban J connectivity index is 2.22. The fourth-order valence-corrected chi connectivity index (χ4v) is 1.96. The molecule has 1 aromatic heterocycles. The van der Waals surface area contributed by atoms with Crippen LogP contribution in [0.4, 0.5) is 5.82 Å². The Morgan fingerprint density at radius 1 is 1.21 bits per heavy atom. The molecule has 1 aromatic carbocycles. The van der Waals surface area contributed by atoms with Gasteiger partial charge in [-0.25, -0.2) is 0 Å². The SMILES string of the molecule is O=[N+]([O-])c1ncccc1OCc1c(Cl)cccc1Cl. The van der Waals surface area contributed by atoms with E-state index in [1.807, 2.05) is 0 Å². The maximum atomic E-state index is 10.8. The number of benzene rings is 1. The minimum atomic E-state index is -0.608. The molecule has 0 N–H and O–H groups in total. The Labute approximate surface area is 118 Å². The molecule has 0 saturated carbocycles. The van der Waals surface area contributed by atoms with Crippen LogP contribution in [-0.4, -0.2) is 9.91 Å². The number of rotatable bonds is 4. The molecule has 0 amide bonds. The molecular formula is C12H8Cl2N2O3. The summed E-state index contributed by atoms with van der Waals surface area (Å²) in [6.07, 6.45) is 1.33. The molecule has 2 aromatic rings. The van der Waals surface area contributed by atoms with E-state index < -0.39 is 4.92 Å². The third kappa shape index (κ3) is 3.13. The van der Waals surface area contributed by atoms with E-state index in [0.29, 0.717) is 15.6 Å². The van der Waals surface area contributed by atoms with Crippen molar-refractivity contribution in [3.05, 3.63) is 62.3 Å². The fraction of sp³-hybridized carbons (Fsp3) is 0.0833. The summed E-state index contributed by atoms with van der Waals surface area (Å²) < 4.78 is 5.37. The Hall–Kier alpha value is -1.85. The minimum absolute atomic E-state index is 0.0328. The number of nitrogens with zero attached hydrogens (tertiary/aromatic N) is 2. The van der Waals surface area contributed by atoms with Crippen molar-refractivity contribution >= 4 is 29.0 Å². The average molecular weight is 299 g/mol. The van der Waals surface area contributed by atoms with Crippen LogP contribution in [0.1, 0.15) is 5.56 Å². The van der Waals surface area contributed by atoms with Gasteiger partial charge in [0.2, 0.25) is 5.75 Å². The van der Waals surface area contributed by atoms with Crippen LogP contribution in [0.5, 0.6) is 5.75 Å². The number of hydrogen-bond donors (Lipinski definition) is 0. The van der Waals surface area contributed by atoms with E-state index >= 15 is 0 Å². The lowest BCUT2D eigenvalue weighted by molar-refractivity contribution is -0.390. The first kappa shape index (κ1) is 13.6. The summed E-state index contributed by atoms with van der Waals surface area (Å²) in [6, 6.07) is 8.07. The van der Waals surface area contributed by atoms with Crippen LogP contribution in [0.15, 0.2) is 36.5 Å². The van der Waals surface area contributed by atoms with Gasteiger partial charge < -0.3 is 14.9 Å².